The quantitative estimate of drug-likeness (QED) is 0.447. The number of nitrogens with two attached hydrogens (primary N) is 1. The second-order valence-electron chi connectivity index (χ2n) is 5.83. The van der Waals surface area contributed by atoms with Gasteiger partial charge in [0.25, 0.3) is 0 Å². The summed E-state index contributed by atoms with van der Waals surface area (Å²) in [6, 6.07) is 14.0. The smallest absolute Gasteiger partial charge is 0.198 e. The van der Waals surface area contributed by atoms with Crippen LogP contribution in [0.15, 0.2) is 60.9 Å². The fourth-order valence-corrected chi connectivity index (χ4v) is 3.48. The predicted octanol–water partition coefficient (Wildman–Crippen LogP) is 5.48. The number of anilines is 1. The fraction of sp³-hybridized carbons (Fsp3) is 0. The Bertz CT molecular complexity index is 1130. The maximum Gasteiger partial charge on any atom is 0.198 e. The van der Waals surface area contributed by atoms with E-state index in [0.29, 0.717) is 33.8 Å². The molecule has 0 unspecified atom stereocenters. The molecule has 134 valence electrons. The topological polar surface area (TPSA) is 81.0 Å². The van der Waals surface area contributed by atoms with E-state index in [2.05, 4.69) is 9.97 Å². The van der Waals surface area contributed by atoms with Gasteiger partial charge in [-0.05, 0) is 18.2 Å². The van der Waals surface area contributed by atoms with E-state index < -0.39 is 0 Å². The van der Waals surface area contributed by atoms with E-state index >= 15 is 0 Å². The van der Waals surface area contributed by atoms with E-state index in [1.165, 1.54) is 0 Å². The van der Waals surface area contributed by atoms with Gasteiger partial charge in [0.2, 0.25) is 0 Å². The molecule has 0 radical (unpaired) electrons. The normalized spacial score (nSPS) is 10.9. The van der Waals surface area contributed by atoms with E-state index in [0.717, 1.165) is 0 Å². The van der Waals surface area contributed by atoms with Crippen LogP contribution in [0.5, 0.6) is 11.5 Å². The number of para-hydroxylation sites is 1. The van der Waals surface area contributed by atoms with Crippen molar-refractivity contribution in [2.24, 2.45) is 0 Å². The van der Waals surface area contributed by atoms with Gasteiger partial charge in [0.1, 0.15) is 17.1 Å². The van der Waals surface area contributed by atoms with Crippen molar-refractivity contribution in [3.8, 4) is 11.5 Å². The summed E-state index contributed by atoms with van der Waals surface area (Å²) < 4.78 is 5.74. The summed E-state index contributed by atoms with van der Waals surface area (Å²) in [5.74, 6) is 0.731. The zero-order valence-electron chi connectivity index (χ0n) is 13.9. The molecule has 27 heavy (non-hydrogen) atoms. The van der Waals surface area contributed by atoms with Crippen LogP contribution in [0.4, 0.5) is 5.69 Å². The summed E-state index contributed by atoms with van der Waals surface area (Å²) in [4.78, 5) is 20.2. The number of ether oxygens (including phenoxy) is 1. The lowest BCUT2D eigenvalue weighted by Crippen LogP contribution is -2.04. The zero-order chi connectivity index (χ0) is 19.0. The molecule has 3 N–H and O–H groups in total. The number of nitrogens with one attached hydrogen (secondary N) is 1. The van der Waals surface area contributed by atoms with E-state index in [1.54, 1.807) is 30.6 Å². The summed E-state index contributed by atoms with van der Waals surface area (Å²) in [5.41, 5.74) is 7.51. The lowest BCUT2D eigenvalue weighted by atomic mass is 10.0. The summed E-state index contributed by atoms with van der Waals surface area (Å²) in [6.45, 7) is 0. The largest absolute Gasteiger partial charge is 0.457 e. The molecule has 0 saturated heterocycles. The van der Waals surface area contributed by atoms with Gasteiger partial charge in [-0.1, -0.05) is 41.4 Å². The Morgan fingerprint density at radius 3 is 2.44 bits per heavy atom. The van der Waals surface area contributed by atoms with Gasteiger partial charge in [0, 0.05) is 30.2 Å². The number of hydrogen-bond acceptors (Lipinski definition) is 4. The van der Waals surface area contributed by atoms with Crippen LogP contribution >= 0.6 is 23.2 Å². The van der Waals surface area contributed by atoms with Crippen LogP contribution in [-0.4, -0.2) is 15.8 Å². The molecular formula is C20H13Cl2N3O2. The van der Waals surface area contributed by atoms with Crippen molar-refractivity contribution < 1.29 is 9.53 Å². The minimum atomic E-state index is -0.345. The molecule has 2 aromatic carbocycles. The molecule has 0 aliphatic carbocycles. The first kappa shape index (κ1) is 17.4. The molecule has 0 aliphatic rings. The third-order valence-corrected chi connectivity index (χ3v) is 4.67. The van der Waals surface area contributed by atoms with Crippen molar-refractivity contribution in [3.63, 3.8) is 0 Å². The molecule has 0 spiro atoms. The highest BCUT2D eigenvalue weighted by molar-refractivity contribution is 6.41. The summed E-state index contributed by atoms with van der Waals surface area (Å²) >= 11 is 12.7. The summed E-state index contributed by atoms with van der Waals surface area (Å²) in [5, 5.41) is 0.921. The average Bonchev–Trinajstić information content (AvgIpc) is 3.07. The minimum Gasteiger partial charge on any atom is -0.457 e. The Hall–Kier alpha value is -3.02. The number of aromatic nitrogens is 2. The number of aromatic amines is 1. The van der Waals surface area contributed by atoms with Gasteiger partial charge < -0.3 is 15.5 Å². The van der Waals surface area contributed by atoms with Crippen molar-refractivity contribution >= 4 is 45.7 Å². The van der Waals surface area contributed by atoms with Gasteiger partial charge in [-0.2, -0.15) is 0 Å². The molecule has 5 nitrogen and oxygen atoms in total. The Morgan fingerprint density at radius 2 is 1.74 bits per heavy atom. The van der Waals surface area contributed by atoms with Gasteiger partial charge in [-0.15, -0.1) is 0 Å². The SMILES string of the molecule is Nc1ccnc2[nH]cc(C(=O)c3c(Cl)cc(Oc4ccccc4)cc3Cl)c12. The highest BCUT2D eigenvalue weighted by Gasteiger charge is 2.22. The molecule has 0 saturated carbocycles. The molecule has 2 heterocycles. The average molecular weight is 398 g/mol. The molecule has 2 aromatic heterocycles. The highest BCUT2D eigenvalue weighted by atomic mass is 35.5. The Morgan fingerprint density at radius 1 is 1.04 bits per heavy atom. The predicted molar refractivity (Wildman–Crippen MR) is 107 cm³/mol. The van der Waals surface area contributed by atoms with Crippen LogP contribution in [0.3, 0.4) is 0 Å². The molecule has 0 bridgehead atoms. The minimum absolute atomic E-state index is 0.183. The lowest BCUT2D eigenvalue weighted by Gasteiger charge is -2.10. The van der Waals surface area contributed by atoms with Crippen LogP contribution in [0.1, 0.15) is 15.9 Å². The first-order chi connectivity index (χ1) is 13.0. The maximum atomic E-state index is 13.1. The Balaban J connectivity index is 1.74. The number of benzene rings is 2. The number of carbonyl (C=O) groups is 1. The molecule has 0 amide bonds. The number of H-pyrrole nitrogens is 1. The highest BCUT2D eigenvalue weighted by Crippen LogP contribution is 2.35. The van der Waals surface area contributed by atoms with Crippen molar-refractivity contribution in [2.45, 2.75) is 0 Å². The number of pyridine rings is 1. The number of nitrogen functional groups attached to an aromatic ring is 1. The summed E-state index contributed by atoms with van der Waals surface area (Å²) in [7, 11) is 0. The van der Waals surface area contributed by atoms with Crippen LogP contribution < -0.4 is 10.5 Å². The molecule has 4 rings (SSSR count). The molecular weight excluding hydrogens is 385 g/mol. The van der Waals surface area contributed by atoms with E-state index in [-0.39, 0.29) is 21.4 Å². The molecule has 4 aromatic rings. The third-order valence-electron chi connectivity index (χ3n) is 4.07. The van der Waals surface area contributed by atoms with Crippen molar-refractivity contribution in [1.29, 1.82) is 0 Å². The number of ketones is 1. The first-order valence-electron chi connectivity index (χ1n) is 8.03. The Kier molecular flexibility index (Phi) is 4.48. The monoisotopic (exact) mass is 397 g/mol. The third kappa shape index (κ3) is 3.23. The van der Waals surface area contributed by atoms with Crippen molar-refractivity contribution in [1.82, 2.24) is 9.97 Å². The number of nitrogens with zero attached hydrogens (tertiary/aromatic N) is 1. The van der Waals surface area contributed by atoms with Crippen molar-refractivity contribution in [3.05, 3.63) is 82.1 Å². The maximum absolute atomic E-state index is 13.1. The molecule has 0 fully saturated rings. The van der Waals surface area contributed by atoms with Crippen LogP contribution in [-0.2, 0) is 0 Å². The fourth-order valence-electron chi connectivity index (χ4n) is 2.85. The van der Waals surface area contributed by atoms with Gasteiger partial charge in [0.05, 0.1) is 26.6 Å². The van der Waals surface area contributed by atoms with E-state index in [1.807, 2.05) is 30.3 Å². The van der Waals surface area contributed by atoms with Crippen LogP contribution in [0.25, 0.3) is 11.0 Å². The second kappa shape index (κ2) is 6.95. The number of hydrogen-bond donors (Lipinski definition) is 2. The van der Waals surface area contributed by atoms with Gasteiger partial charge >= 0.3 is 0 Å². The standard InChI is InChI=1S/C20H13Cl2N3O2/c21-14-8-12(27-11-4-2-1-3-5-11)9-15(22)18(14)19(26)13-10-25-20-17(13)16(23)6-7-24-20/h1-10H,(H3,23,24,25). The van der Waals surface area contributed by atoms with Gasteiger partial charge in [-0.25, -0.2) is 4.98 Å². The van der Waals surface area contributed by atoms with E-state index in [9.17, 15) is 4.79 Å². The van der Waals surface area contributed by atoms with Gasteiger partial charge in [0.15, 0.2) is 5.78 Å². The van der Waals surface area contributed by atoms with Crippen LogP contribution in [0, 0.1) is 0 Å². The molecule has 0 aliphatic heterocycles. The number of carbonyl (C=O) groups excluding carboxylic acids is 1. The second-order valence-corrected chi connectivity index (χ2v) is 6.65. The van der Waals surface area contributed by atoms with E-state index in [4.69, 9.17) is 33.7 Å². The number of rotatable bonds is 4. The molecule has 7 heteroatoms. The van der Waals surface area contributed by atoms with Crippen molar-refractivity contribution in [2.75, 3.05) is 5.73 Å². The molecule has 0 atom stereocenters. The van der Waals surface area contributed by atoms with Crippen LogP contribution in [0.2, 0.25) is 10.0 Å². The van der Waals surface area contributed by atoms with Gasteiger partial charge in [-0.3, -0.25) is 4.79 Å². The summed E-state index contributed by atoms with van der Waals surface area (Å²) in [6.07, 6.45) is 3.12. The number of halogens is 2. The Labute approximate surface area is 164 Å². The number of fused-ring (bicyclic) bond motifs is 1. The lowest BCUT2D eigenvalue weighted by molar-refractivity contribution is 0.104. The first-order valence-corrected chi connectivity index (χ1v) is 8.78. The zero-order valence-corrected chi connectivity index (χ0v) is 15.4.